The Bertz CT molecular complexity index is 4960. The summed E-state index contributed by atoms with van der Waals surface area (Å²) in [5, 5.41) is 23.4. The van der Waals surface area contributed by atoms with E-state index in [9.17, 15) is 19.2 Å². The second-order valence-corrected chi connectivity index (χ2v) is 32.0. The van der Waals surface area contributed by atoms with Crippen LogP contribution in [-0.4, -0.2) is 63.5 Å². The molecule has 16 nitrogen and oxygen atoms in total. The van der Waals surface area contributed by atoms with Crippen molar-refractivity contribution in [3.05, 3.63) is 121 Å². The van der Waals surface area contributed by atoms with Crippen LogP contribution in [0.25, 0.3) is 133 Å². The van der Waals surface area contributed by atoms with E-state index in [0.29, 0.717) is 71.6 Å². The normalized spacial score (nSPS) is 11.9. The molecule has 3 aromatic heterocycles. The second kappa shape index (κ2) is 40.5. The monoisotopic (exact) mass is 1500 g/mol. The number of anilines is 4. The van der Waals surface area contributed by atoms with Gasteiger partial charge in [-0.3, -0.25) is 19.2 Å². The fourth-order valence-electron chi connectivity index (χ4n) is 16.4. The maximum atomic E-state index is 13.6. The Hall–Kier alpha value is -9.96. The third-order valence-electron chi connectivity index (χ3n) is 22.8. The average Bonchev–Trinajstić information content (AvgIpc) is 1.59. The van der Waals surface area contributed by atoms with Gasteiger partial charge < -0.3 is 31.2 Å². The zero-order chi connectivity index (χ0) is 77.4. The highest BCUT2D eigenvalue weighted by atomic mass is 16.2. The number of amides is 4. The molecule has 5 heterocycles. The summed E-state index contributed by atoms with van der Waals surface area (Å²) in [7, 11) is 0. The number of aromatic nitrogens is 8. The number of fused-ring (bicyclic) bond motifs is 24. The number of unbranched alkanes of at least 4 members (excludes halogenated alkanes) is 32. The summed E-state index contributed by atoms with van der Waals surface area (Å²) in [5.41, 5.74) is 8.03. The molecule has 13 rings (SSSR count). The van der Waals surface area contributed by atoms with Crippen LogP contribution in [0.1, 0.15) is 285 Å². The number of hydrogen-bond acceptors (Lipinski definition) is 10. The van der Waals surface area contributed by atoms with Crippen molar-refractivity contribution in [1.29, 1.82) is 0 Å². The highest BCUT2D eigenvalue weighted by Crippen LogP contribution is 2.43. The van der Waals surface area contributed by atoms with Crippen molar-refractivity contribution in [3.63, 3.8) is 0 Å². The van der Waals surface area contributed by atoms with E-state index in [1.54, 1.807) is 0 Å². The fraction of sp³-hybridized carbons (Fsp3) is 0.458. The van der Waals surface area contributed by atoms with E-state index in [4.69, 9.17) is 29.9 Å². The first-order valence-electron chi connectivity index (χ1n) is 43.3. The molecule has 11 aromatic rings. The van der Waals surface area contributed by atoms with Crippen LogP contribution >= 0.6 is 0 Å². The third-order valence-corrected chi connectivity index (χ3v) is 22.8. The molecular formula is C96H118N12O4. The van der Waals surface area contributed by atoms with E-state index < -0.39 is 0 Å². The van der Waals surface area contributed by atoms with Gasteiger partial charge in [0.15, 0.2) is 23.3 Å². The zero-order valence-electron chi connectivity index (χ0n) is 67.1. The molecule has 0 aliphatic carbocycles. The van der Waals surface area contributed by atoms with Gasteiger partial charge in [-0.2, -0.15) is 0 Å². The van der Waals surface area contributed by atoms with E-state index in [1.165, 1.54) is 154 Å². The number of nitrogens with zero attached hydrogens (tertiary/aromatic N) is 6. The molecule has 586 valence electrons. The SMILES string of the molecule is CCCCCCCCCCCC(=O)Nc1ccc2cc3c(cc2c1)-c1nc-3nc2[nH]c(nc3nc(nc4[nH]c(n1)c1cc5cc(NC(=O)CCCCCCCCCCC)ccc5cc41)-c1cc4ccc(NC(=O)CCCCCCCCCCC)cc4cc1-3)c1cc3cc(NC(=O)CCCCCCCCCCC)ccc3cc21. The number of hydrogen-bond donors (Lipinski definition) is 6. The van der Waals surface area contributed by atoms with E-state index in [-0.39, 0.29) is 23.6 Å². The van der Waals surface area contributed by atoms with Gasteiger partial charge in [-0.05, 0) is 166 Å². The lowest BCUT2D eigenvalue weighted by Crippen LogP contribution is -2.10. The van der Waals surface area contributed by atoms with Gasteiger partial charge in [0.2, 0.25) is 23.6 Å². The van der Waals surface area contributed by atoms with Gasteiger partial charge in [-0.25, -0.2) is 29.9 Å². The summed E-state index contributed by atoms with van der Waals surface area (Å²) >= 11 is 0. The molecule has 0 unspecified atom stereocenters. The first-order valence-corrected chi connectivity index (χ1v) is 43.3. The summed E-state index contributed by atoms with van der Waals surface area (Å²) in [6.45, 7) is 9.00. The minimum atomic E-state index is 0.00316. The summed E-state index contributed by atoms with van der Waals surface area (Å²) in [4.78, 5) is 94.6. The molecule has 8 bridgehead atoms. The molecule has 4 amide bonds. The van der Waals surface area contributed by atoms with Crippen molar-refractivity contribution in [2.45, 2.75) is 285 Å². The lowest BCUT2D eigenvalue weighted by molar-refractivity contribution is -0.117. The molecule has 16 heteroatoms. The lowest BCUT2D eigenvalue weighted by atomic mass is 10.0. The Balaban J connectivity index is 0.900. The Morgan fingerprint density at radius 2 is 0.429 bits per heavy atom. The van der Waals surface area contributed by atoms with Crippen LogP contribution in [-0.2, 0) is 19.2 Å². The van der Waals surface area contributed by atoms with Crippen LogP contribution in [0, 0.1) is 0 Å². The Morgan fingerprint density at radius 1 is 0.232 bits per heavy atom. The largest absolute Gasteiger partial charge is 0.326 e. The molecule has 0 saturated heterocycles. The van der Waals surface area contributed by atoms with Crippen LogP contribution in [0.2, 0.25) is 0 Å². The van der Waals surface area contributed by atoms with E-state index >= 15 is 0 Å². The fourth-order valence-corrected chi connectivity index (χ4v) is 16.4. The molecule has 0 radical (unpaired) electrons. The van der Waals surface area contributed by atoms with Gasteiger partial charge in [-0.15, -0.1) is 0 Å². The summed E-state index contributed by atoms with van der Waals surface area (Å²) < 4.78 is 0. The average molecular weight is 1500 g/mol. The summed E-state index contributed by atoms with van der Waals surface area (Å²) in [5.74, 6) is 1.75. The van der Waals surface area contributed by atoms with Gasteiger partial charge in [0.25, 0.3) is 0 Å². The molecule has 0 atom stereocenters. The maximum Gasteiger partial charge on any atom is 0.224 e. The van der Waals surface area contributed by atoms with Gasteiger partial charge in [0.05, 0.1) is 0 Å². The molecule has 2 aliphatic heterocycles. The highest BCUT2D eigenvalue weighted by Gasteiger charge is 2.26. The molecular weight excluding hydrogens is 1390 g/mol. The van der Waals surface area contributed by atoms with Crippen molar-refractivity contribution in [1.82, 2.24) is 39.9 Å². The van der Waals surface area contributed by atoms with Crippen molar-refractivity contribution in [2.75, 3.05) is 21.3 Å². The lowest BCUT2D eigenvalue weighted by Gasteiger charge is -2.09. The van der Waals surface area contributed by atoms with Crippen LogP contribution in [0.5, 0.6) is 0 Å². The number of aromatic amines is 2. The number of carbonyl (C=O) groups excluding carboxylic acids is 4. The predicted octanol–water partition coefficient (Wildman–Crippen LogP) is 26.9. The molecule has 0 saturated carbocycles. The number of rotatable bonds is 44. The van der Waals surface area contributed by atoms with E-state index in [2.05, 4.69) is 107 Å². The Labute approximate surface area is 661 Å². The first kappa shape index (κ1) is 80.1. The predicted molar refractivity (Wildman–Crippen MR) is 468 cm³/mol. The van der Waals surface area contributed by atoms with Gasteiger partial charge >= 0.3 is 0 Å². The van der Waals surface area contributed by atoms with Crippen molar-refractivity contribution >= 4 is 134 Å². The number of nitrogens with one attached hydrogen (secondary N) is 6. The maximum absolute atomic E-state index is 13.6. The van der Waals surface area contributed by atoms with Gasteiger partial charge in [-0.1, -0.05) is 257 Å². The van der Waals surface area contributed by atoms with E-state index in [0.717, 1.165) is 187 Å². The van der Waals surface area contributed by atoms with Crippen molar-refractivity contribution < 1.29 is 19.2 Å². The quantitative estimate of drug-likeness (QED) is 0.0198. The van der Waals surface area contributed by atoms with Gasteiger partial charge in [0, 0.05) is 92.2 Å². The van der Waals surface area contributed by atoms with Crippen LogP contribution in [0.4, 0.5) is 22.7 Å². The van der Waals surface area contributed by atoms with Crippen molar-refractivity contribution in [2.24, 2.45) is 0 Å². The number of carbonyl (C=O) groups is 4. The molecule has 2 aliphatic rings. The topological polar surface area (TPSA) is 225 Å². The third kappa shape index (κ3) is 21.4. The standard InChI is InChI=1S/C96H118N12O4/c1-5-9-13-17-21-25-29-33-37-41-85(109)97-73-49-45-65-57-77-81(61-69(65)53-73)93-103-89(77)101-90-79-59-67-47-51-75(99-87(111)43-39-35-31-27-23-19-15-11-7-3)55-71(67)63-83(79)95(105-90)108-96-84-64-72-56-76(100-88(112)44-40-36-32-28-24-20-16-12-8-4)52-48-68(72)60-80(84)92(106-96)102-91-78-58-66-46-50-74(54-70(66)62-82(78)94(104-91)107-93)98-86(110)42-38-34-30-26-22-18-14-10-6-2/h45-64H,5-44H2,1-4H3,(H,97,109)(H,98,110)(H,99,111)(H,100,112)(H2,101,102,103,104,105,106,107,108). The Kier molecular flexibility index (Phi) is 29.0. The van der Waals surface area contributed by atoms with Crippen molar-refractivity contribution in [3.8, 4) is 45.6 Å². The van der Waals surface area contributed by atoms with E-state index in [1.807, 2.05) is 72.8 Å². The minimum absolute atomic E-state index is 0.00316. The number of benzene rings is 8. The molecule has 0 fully saturated rings. The summed E-state index contributed by atoms with van der Waals surface area (Å²) in [6, 6.07) is 41.1. The highest BCUT2D eigenvalue weighted by molar-refractivity contribution is 6.14. The van der Waals surface area contributed by atoms with Crippen LogP contribution in [0.15, 0.2) is 121 Å². The first-order chi connectivity index (χ1) is 55.0. The smallest absolute Gasteiger partial charge is 0.224 e. The molecule has 8 aromatic carbocycles. The minimum Gasteiger partial charge on any atom is -0.326 e. The second-order valence-electron chi connectivity index (χ2n) is 32.0. The summed E-state index contributed by atoms with van der Waals surface area (Å²) in [6.07, 6.45) is 44.4. The van der Waals surface area contributed by atoms with Crippen LogP contribution < -0.4 is 21.3 Å². The van der Waals surface area contributed by atoms with Gasteiger partial charge in [0.1, 0.15) is 22.6 Å². The molecule has 6 N–H and O–H groups in total. The Morgan fingerprint density at radius 3 is 0.670 bits per heavy atom. The molecule has 0 spiro atoms. The number of H-pyrrole nitrogens is 2. The van der Waals surface area contributed by atoms with Crippen LogP contribution in [0.3, 0.4) is 0 Å². The zero-order valence-corrected chi connectivity index (χ0v) is 67.1. The molecule has 112 heavy (non-hydrogen) atoms.